The number of rotatable bonds is 5. The number of benzene rings is 1. The van der Waals surface area contributed by atoms with Crippen LogP contribution in [0.25, 0.3) is 0 Å². The van der Waals surface area contributed by atoms with Crippen molar-refractivity contribution in [2.45, 2.75) is 69.7 Å². The van der Waals surface area contributed by atoms with Gasteiger partial charge in [0.05, 0.1) is 6.04 Å². The van der Waals surface area contributed by atoms with E-state index in [1.165, 1.54) is 24.0 Å². The molecule has 2 aromatic rings. The summed E-state index contributed by atoms with van der Waals surface area (Å²) < 4.78 is 5.76. The first-order valence-electron chi connectivity index (χ1n) is 9.49. The van der Waals surface area contributed by atoms with Crippen LogP contribution in [0.15, 0.2) is 28.7 Å². The van der Waals surface area contributed by atoms with E-state index in [1.54, 1.807) is 0 Å². The van der Waals surface area contributed by atoms with Gasteiger partial charge in [-0.05, 0) is 43.2 Å². The number of fused-ring (bicyclic) bond motifs is 1. The maximum Gasteiger partial charge on any atom is 0.220 e. The Bertz CT molecular complexity index is 734. The van der Waals surface area contributed by atoms with E-state index >= 15 is 0 Å². The highest BCUT2D eigenvalue weighted by atomic mass is 16.4. The van der Waals surface area contributed by atoms with Crippen molar-refractivity contribution >= 4 is 5.91 Å². The fraction of sp³-hybridized carbons (Fsp3) is 0.550. The summed E-state index contributed by atoms with van der Waals surface area (Å²) in [5.74, 6) is 1.83. The number of nitrogens with one attached hydrogen (secondary N) is 1. The summed E-state index contributed by atoms with van der Waals surface area (Å²) in [6.07, 6.45) is 8.92. The molecule has 1 amide bonds. The SMILES string of the molecule is O=C(CCc1nnc(C2CCCC2)o1)N[C@@H]1CCCc2ccccc21. The third kappa shape index (κ3) is 3.75. The zero-order chi connectivity index (χ0) is 17.1. The van der Waals surface area contributed by atoms with E-state index in [0.717, 1.165) is 38.0 Å². The smallest absolute Gasteiger partial charge is 0.220 e. The number of amides is 1. The van der Waals surface area contributed by atoms with E-state index in [0.29, 0.717) is 24.7 Å². The molecule has 1 atom stereocenters. The Labute approximate surface area is 148 Å². The van der Waals surface area contributed by atoms with Crippen molar-refractivity contribution in [1.29, 1.82) is 0 Å². The van der Waals surface area contributed by atoms with Gasteiger partial charge in [0.15, 0.2) is 0 Å². The van der Waals surface area contributed by atoms with Gasteiger partial charge in [-0.2, -0.15) is 0 Å². The van der Waals surface area contributed by atoms with Crippen LogP contribution in [0.5, 0.6) is 0 Å². The quantitative estimate of drug-likeness (QED) is 0.898. The van der Waals surface area contributed by atoms with Crippen LogP contribution in [-0.2, 0) is 17.6 Å². The van der Waals surface area contributed by atoms with Crippen LogP contribution in [0.2, 0.25) is 0 Å². The van der Waals surface area contributed by atoms with Crippen molar-refractivity contribution in [2.24, 2.45) is 0 Å². The van der Waals surface area contributed by atoms with Crippen LogP contribution < -0.4 is 5.32 Å². The van der Waals surface area contributed by atoms with Crippen molar-refractivity contribution < 1.29 is 9.21 Å². The van der Waals surface area contributed by atoms with Gasteiger partial charge in [0.25, 0.3) is 0 Å². The molecule has 2 aliphatic rings. The van der Waals surface area contributed by atoms with Crippen molar-refractivity contribution in [3.8, 4) is 0 Å². The molecule has 0 spiro atoms. The van der Waals surface area contributed by atoms with Crippen LogP contribution in [0, 0.1) is 0 Å². The Kier molecular flexibility index (Phi) is 4.81. The second kappa shape index (κ2) is 7.38. The molecule has 0 bridgehead atoms. The minimum absolute atomic E-state index is 0.0577. The van der Waals surface area contributed by atoms with Crippen LogP contribution in [0.1, 0.15) is 79.8 Å². The maximum absolute atomic E-state index is 12.4. The maximum atomic E-state index is 12.4. The molecular weight excluding hydrogens is 314 g/mol. The molecule has 4 rings (SSSR count). The van der Waals surface area contributed by atoms with Crippen LogP contribution in [0.4, 0.5) is 0 Å². The van der Waals surface area contributed by atoms with E-state index in [-0.39, 0.29) is 11.9 Å². The van der Waals surface area contributed by atoms with E-state index in [4.69, 9.17) is 4.42 Å². The summed E-state index contributed by atoms with van der Waals surface area (Å²) in [6.45, 7) is 0. The van der Waals surface area contributed by atoms with Crippen LogP contribution in [0.3, 0.4) is 0 Å². The highest BCUT2D eigenvalue weighted by Gasteiger charge is 2.24. The minimum Gasteiger partial charge on any atom is -0.425 e. The standard InChI is InChI=1S/C20H25N3O2/c24-18(21-17-11-5-9-14-6-3-4-10-16(14)17)12-13-19-22-23-20(25-19)15-7-1-2-8-15/h3-4,6,10,15,17H,1-2,5,7-9,11-13H2,(H,21,24)/t17-/m1/s1. The zero-order valence-electron chi connectivity index (χ0n) is 14.5. The Morgan fingerprint density at radius 3 is 2.84 bits per heavy atom. The largest absolute Gasteiger partial charge is 0.425 e. The first-order chi connectivity index (χ1) is 12.3. The van der Waals surface area contributed by atoms with Gasteiger partial charge in [0, 0.05) is 18.8 Å². The molecule has 5 heteroatoms. The lowest BCUT2D eigenvalue weighted by molar-refractivity contribution is -0.122. The number of nitrogens with zero attached hydrogens (tertiary/aromatic N) is 2. The molecule has 1 fully saturated rings. The number of aromatic nitrogens is 2. The summed E-state index contributed by atoms with van der Waals surface area (Å²) >= 11 is 0. The molecule has 0 aliphatic heterocycles. The topological polar surface area (TPSA) is 68.0 Å². The normalized spacial score (nSPS) is 20.4. The first kappa shape index (κ1) is 16.3. The van der Waals surface area contributed by atoms with Gasteiger partial charge in [0.1, 0.15) is 0 Å². The monoisotopic (exact) mass is 339 g/mol. The van der Waals surface area contributed by atoms with Gasteiger partial charge in [0.2, 0.25) is 17.7 Å². The van der Waals surface area contributed by atoms with Crippen molar-refractivity contribution in [3.63, 3.8) is 0 Å². The molecule has 1 heterocycles. The number of carbonyl (C=O) groups excluding carboxylic acids is 1. The number of carbonyl (C=O) groups is 1. The summed E-state index contributed by atoms with van der Waals surface area (Å²) in [5, 5.41) is 11.5. The van der Waals surface area contributed by atoms with E-state index < -0.39 is 0 Å². The number of hydrogen-bond donors (Lipinski definition) is 1. The molecule has 5 nitrogen and oxygen atoms in total. The predicted octanol–water partition coefficient (Wildman–Crippen LogP) is 3.85. The Morgan fingerprint density at radius 1 is 1.12 bits per heavy atom. The molecule has 25 heavy (non-hydrogen) atoms. The highest BCUT2D eigenvalue weighted by molar-refractivity contribution is 5.76. The summed E-state index contributed by atoms with van der Waals surface area (Å²) in [7, 11) is 0. The predicted molar refractivity (Wildman–Crippen MR) is 94.1 cm³/mol. The third-order valence-corrected chi connectivity index (χ3v) is 5.46. The Balaban J connectivity index is 1.31. The average Bonchev–Trinajstić information content (AvgIpc) is 3.32. The molecule has 132 valence electrons. The summed E-state index contributed by atoms with van der Waals surface area (Å²) in [5.41, 5.74) is 2.63. The van der Waals surface area contributed by atoms with E-state index in [9.17, 15) is 4.79 Å². The van der Waals surface area contributed by atoms with Gasteiger partial charge < -0.3 is 9.73 Å². The molecule has 0 saturated heterocycles. The fourth-order valence-electron chi connectivity index (χ4n) is 4.10. The van der Waals surface area contributed by atoms with Gasteiger partial charge in [-0.3, -0.25) is 4.79 Å². The zero-order valence-corrected chi connectivity index (χ0v) is 14.5. The second-order valence-corrected chi connectivity index (χ2v) is 7.23. The van der Waals surface area contributed by atoms with Crippen molar-refractivity contribution in [3.05, 3.63) is 47.2 Å². The van der Waals surface area contributed by atoms with Crippen molar-refractivity contribution in [2.75, 3.05) is 0 Å². The molecule has 0 unspecified atom stereocenters. The Hall–Kier alpha value is -2.17. The second-order valence-electron chi connectivity index (χ2n) is 7.23. The first-order valence-corrected chi connectivity index (χ1v) is 9.49. The lowest BCUT2D eigenvalue weighted by atomic mass is 9.87. The van der Waals surface area contributed by atoms with Crippen LogP contribution >= 0.6 is 0 Å². The Morgan fingerprint density at radius 2 is 1.96 bits per heavy atom. The van der Waals surface area contributed by atoms with Gasteiger partial charge >= 0.3 is 0 Å². The summed E-state index contributed by atoms with van der Waals surface area (Å²) in [6, 6.07) is 8.55. The summed E-state index contributed by atoms with van der Waals surface area (Å²) in [4.78, 5) is 12.4. The lowest BCUT2D eigenvalue weighted by Gasteiger charge is -2.26. The third-order valence-electron chi connectivity index (χ3n) is 5.46. The van der Waals surface area contributed by atoms with E-state index in [2.05, 4.69) is 33.7 Å². The highest BCUT2D eigenvalue weighted by Crippen LogP contribution is 2.33. The molecule has 2 aliphatic carbocycles. The fourth-order valence-corrected chi connectivity index (χ4v) is 4.10. The molecule has 0 radical (unpaired) electrons. The molecule has 1 saturated carbocycles. The van der Waals surface area contributed by atoms with E-state index in [1.807, 2.05) is 6.07 Å². The number of hydrogen-bond acceptors (Lipinski definition) is 4. The average molecular weight is 339 g/mol. The molecule has 1 aromatic carbocycles. The van der Waals surface area contributed by atoms with Crippen molar-refractivity contribution in [1.82, 2.24) is 15.5 Å². The minimum atomic E-state index is 0.0577. The lowest BCUT2D eigenvalue weighted by Crippen LogP contribution is -2.31. The van der Waals surface area contributed by atoms with Gasteiger partial charge in [-0.1, -0.05) is 37.1 Å². The molecule has 1 aromatic heterocycles. The molecular formula is C20H25N3O2. The van der Waals surface area contributed by atoms with Crippen LogP contribution in [-0.4, -0.2) is 16.1 Å². The van der Waals surface area contributed by atoms with Gasteiger partial charge in [-0.15, -0.1) is 10.2 Å². The molecule has 1 N–H and O–H groups in total. The van der Waals surface area contributed by atoms with Gasteiger partial charge in [-0.25, -0.2) is 0 Å². The number of aryl methyl sites for hydroxylation is 2.